The van der Waals surface area contributed by atoms with E-state index in [1.165, 1.54) is 0 Å². The number of fused-ring (bicyclic) bond motifs is 1. The van der Waals surface area contributed by atoms with Crippen LogP contribution in [-0.2, 0) is 6.61 Å². The van der Waals surface area contributed by atoms with E-state index in [9.17, 15) is 4.79 Å². The lowest BCUT2D eigenvalue weighted by atomic mass is 10.1. The number of carbonyl (C=O) groups excluding carboxylic acids is 1. The van der Waals surface area contributed by atoms with Gasteiger partial charge >= 0.3 is 0 Å². The molecule has 152 valence electrons. The minimum atomic E-state index is -0.157. The maximum atomic E-state index is 12.8. The Hall–Kier alpha value is -3.73. The van der Waals surface area contributed by atoms with Gasteiger partial charge in [-0.05, 0) is 37.3 Å². The van der Waals surface area contributed by atoms with Crippen molar-refractivity contribution in [2.24, 2.45) is 0 Å². The molecule has 0 unspecified atom stereocenters. The first kappa shape index (κ1) is 19.6. The van der Waals surface area contributed by atoms with Gasteiger partial charge in [0.1, 0.15) is 29.6 Å². The topological polar surface area (TPSA) is 54.0 Å². The third kappa shape index (κ3) is 3.62. The molecule has 0 spiro atoms. The zero-order valence-corrected chi connectivity index (χ0v) is 17.1. The van der Waals surface area contributed by atoms with Crippen molar-refractivity contribution in [3.63, 3.8) is 0 Å². The lowest BCUT2D eigenvalue weighted by Crippen LogP contribution is -2.00. The van der Waals surface area contributed by atoms with E-state index in [0.717, 1.165) is 22.4 Å². The van der Waals surface area contributed by atoms with Crippen molar-refractivity contribution in [3.05, 3.63) is 88.7 Å². The fraction of sp³-hybridized carbons (Fsp3) is 0.160. The highest BCUT2D eigenvalue weighted by Gasteiger charge is 2.30. The van der Waals surface area contributed by atoms with E-state index in [-0.39, 0.29) is 11.5 Å². The Morgan fingerprint density at radius 2 is 1.57 bits per heavy atom. The van der Waals surface area contributed by atoms with Crippen molar-refractivity contribution >= 4 is 11.9 Å². The van der Waals surface area contributed by atoms with E-state index in [1.807, 2.05) is 55.5 Å². The van der Waals surface area contributed by atoms with Crippen molar-refractivity contribution < 1.29 is 23.7 Å². The predicted octanol–water partition coefficient (Wildman–Crippen LogP) is 5.21. The van der Waals surface area contributed by atoms with Gasteiger partial charge in [0.25, 0.3) is 0 Å². The van der Waals surface area contributed by atoms with Gasteiger partial charge in [-0.3, -0.25) is 4.79 Å². The van der Waals surface area contributed by atoms with Crippen molar-refractivity contribution in [2.75, 3.05) is 14.2 Å². The molecule has 30 heavy (non-hydrogen) atoms. The number of allylic oxidation sites excluding steroid dienone is 1. The van der Waals surface area contributed by atoms with Crippen LogP contribution in [0.4, 0.5) is 0 Å². The van der Waals surface area contributed by atoms with E-state index in [2.05, 4.69) is 0 Å². The third-order valence-corrected chi connectivity index (χ3v) is 5.04. The first-order valence-corrected chi connectivity index (χ1v) is 9.58. The van der Waals surface area contributed by atoms with Crippen LogP contribution >= 0.6 is 0 Å². The highest BCUT2D eigenvalue weighted by molar-refractivity contribution is 6.15. The number of ether oxygens (including phenoxy) is 4. The minimum absolute atomic E-state index is 0.157. The summed E-state index contributed by atoms with van der Waals surface area (Å²) < 4.78 is 22.7. The first-order valence-electron chi connectivity index (χ1n) is 9.58. The summed E-state index contributed by atoms with van der Waals surface area (Å²) in [7, 11) is 3.23. The van der Waals surface area contributed by atoms with Gasteiger partial charge in [-0.25, -0.2) is 0 Å². The summed E-state index contributed by atoms with van der Waals surface area (Å²) in [6.07, 6.45) is 1.70. The van der Waals surface area contributed by atoms with Crippen LogP contribution in [0.5, 0.6) is 23.0 Å². The molecule has 1 aliphatic heterocycles. The molecule has 5 nitrogen and oxygen atoms in total. The summed E-state index contributed by atoms with van der Waals surface area (Å²) in [5, 5.41) is 0. The van der Waals surface area contributed by atoms with Crippen LogP contribution in [0.1, 0.15) is 27.0 Å². The van der Waals surface area contributed by atoms with Crippen LogP contribution in [-0.4, -0.2) is 20.0 Å². The second-order valence-electron chi connectivity index (χ2n) is 6.85. The Bertz CT molecular complexity index is 1130. The van der Waals surface area contributed by atoms with E-state index in [1.54, 1.807) is 32.4 Å². The number of hydrogen-bond acceptors (Lipinski definition) is 5. The van der Waals surface area contributed by atoms with Crippen molar-refractivity contribution in [2.45, 2.75) is 13.5 Å². The number of ketones is 1. The van der Waals surface area contributed by atoms with Crippen LogP contribution in [0.3, 0.4) is 0 Å². The third-order valence-electron chi connectivity index (χ3n) is 5.04. The van der Waals surface area contributed by atoms with Gasteiger partial charge < -0.3 is 18.9 Å². The normalized spacial score (nSPS) is 13.7. The quantitative estimate of drug-likeness (QED) is 0.530. The van der Waals surface area contributed by atoms with E-state index < -0.39 is 0 Å². The number of Topliss-reactive ketones (excluding diaryl/α,β-unsaturated/α-hetero) is 1. The summed E-state index contributed by atoms with van der Waals surface area (Å²) in [6.45, 7) is 2.23. The molecule has 3 aromatic carbocycles. The number of para-hydroxylation sites is 2. The van der Waals surface area contributed by atoms with Crippen molar-refractivity contribution in [1.82, 2.24) is 0 Å². The second kappa shape index (κ2) is 8.33. The highest BCUT2D eigenvalue weighted by atomic mass is 16.5. The standard InChI is InChI=1S/C25H22O5/c1-16-20(29-15-18-9-5-7-11-22(18)28-3)13-12-19-24(26)23(30-25(16)19)14-17-8-4-6-10-21(17)27-2/h4-14H,15H2,1-3H3/b23-14-. The zero-order chi connectivity index (χ0) is 21.1. The fourth-order valence-electron chi connectivity index (χ4n) is 3.43. The molecular formula is C25H22O5. The van der Waals surface area contributed by atoms with Crippen LogP contribution in [0, 0.1) is 6.92 Å². The van der Waals surface area contributed by atoms with Gasteiger partial charge in [-0.2, -0.15) is 0 Å². The van der Waals surface area contributed by atoms with Gasteiger partial charge in [-0.1, -0.05) is 36.4 Å². The molecule has 0 saturated heterocycles. The highest BCUT2D eigenvalue weighted by Crippen LogP contribution is 2.40. The molecule has 0 aliphatic carbocycles. The Kier molecular flexibility index (Phi) is 5.44. The molecule has 0 atom stereocenters. The molecule has 0 aromatic heterocycles. The minimum Gasteiger partial charge on any atom is -0.496 e. The molecule has 1 aliphatic rings. The molecule has 0 amide bonds. The lowest BCUT2D eigenvalue weighted by Gasteiger charge is -2.13. The number of rotatable bonds is 6. The monoisotopic (exact) mass is 402 g/mol. The number of carbonyl (C=O) groups is 1. The molecule has 0 radical (unpaired) electrons. The SMILES string of the molecule is COc1ccccc1/C=C1\Oc2c(ccc(OCc3ccccc3OC)c2C)C1=O. The predicted molar refractivity (Wildman–Crippen MR) is 114 cm³/mol. The van der Waals surface area contributed by atoms with E-state index >= 15 is 0 Å². The lowest BCUT2D eigenvalue weighted by molar-refractivity contribution is 0.101. The van der Waals surface area contributed by atoms with Crippen molar-refractivity contribution in [3.8, 4) is 23.0 Å². The Labute approximate surface area is 175 Å². The molecule has 4 rings (SSSR count). The van der Waals surface area contributed by atoms with Crippen LogP contribution in [0.2, 0.25) is 0 Å². The summed E-state index contributed by atoms with van der Waals surface area (Å²) >= 11 is 0. The van der Waals surface area contributed by atoms with Gasteiger partial charge in [0.05, 0.1) is 19.8 Å². The molecule has 3 aromatic rings. The summed E-state index contributed by atoms with van der Waals surface area (Å²) in [4.78, 5) is 12.8. The summed E-state index contributed by atoms with van der Waals surface area (Å²) in [6, 6.07) is 18.7. The Balaban J connectivity index is 1.59. The maximum absolute atomic E-state index is 12.8. The molecule has 0 fully saturated rings. The Morgan fingerprint density at radius 1 is 0.867 bits per heavy atom. The molecule has 0 saturated carbocycles. The molecular weight excluding hydrogens is 380 g/mol. The average Bonchev–Trinajstić information content (AvgIpc) is 3.10. The summed E-state index contributed by atoms with van der Waals surface area (Å²) in [5.41, 5.74) is 3.02. The van der Waals surface area contributed by atoms with Gasteiger partial charge in [-0.15, -0.1) is 0 Å². The van der Waals surface area contributed by atoms with E-state index in [0.29, 0.717) is 29.4 Å². The van der Waals surface area contributed by atoms with E-state index in [4.69, 9.17) is 18.9 Å². The summed E-state index contributed by atoms with van der Waals surface area (Å²) in [5.74, 6) is 2.74. The average molecular weight is 402 g/mol. The largest absolute Gasteiger partial charge is 0.496 e. The number of benzene rings is 3. The van der Waals surface area contributed by atoms with Crippen LogP contribution in [0.25, 0.3) is 6.08 Å². The maximum Gasteiger partial charge on any atom is 0.231 e. The molecule has 1 heterocycles. The van der Waals surface area contributed by atoms with Crippen LogP contribution < -0.4 is 18.9 Å². The van der Waals surface area contributed by atoms with Gasteiger partial charge in [0.15, 0.2) is 5.76 Å². The fourth-order valence-corrected chi connectivity index (χ4v) is 3.43. The van der Waals surface area contributed by atoms with Crippen LogP contribution in [0.15, 0.2) is 66.4 Å². The number of hydrogen-bond donors (Lipinski definition) is 0. The number of methoxy groups -OCH3 is 2. The second-order valence-corrected chi connectivity index (χ2v) is 6.85. The zero-order valence-electron chi connectivity index (χ0n) is 17.1. The van der Waals surface area contributed by atoms with Crippen molar-refractivity contribution in [1.29, 1.82) is 0 Å². The smallest absolute Gasteiger partial charge is 0.231 e. The molecule has 5 heteroatoms. The Morgan fingerprint density at radius 3 is 2.33 bits per heavy atom. The first-order chi connectivity index (χ1) is 14.6. The molecule has 0 N–H and O–H groups in total. The molecule has 0 bridgehead atoms. The van der Waals surface area contributed by atoms with Gasteiger partial charge in [0, 0.05) is 16.7 Å². The van der Waals surface area contributed by atoms with Gasteiger partial charge in [0.2, 0.25) is 5.78 Å².